The molecule has 0 spiro atoms. The van der Waals surface area contributed by atoms with Gasteiger partial charge in [0, 0.05) is 29.8 Å². The molecule has 0 fully saturated rings. The number of phenols is 2. The number of fused-ring (bicyclic) bond motifs is 1. The third-order valence-electron chi connectivity index (χ3n) is 4.52. The van der Waals surface area contributed by atoms with Gasteiger partial charge < -0.3 is 30.2 Å². The maximum Gasteiger partial charge on any atom is 0.193 e. The van der Waals surface area contributed by atoms with Crippen molar-refractivity contribution < 1.29 is 24.5 Å². The van der Waals surface area contributed by atoms with Crippen LogP contribution in [0.3, 0.4) is 0 Å². The van der Waals surface area contributed by atoms with Gasteiger partial charge in [-0.3, -0.25) is 4.79 Å². The van der Waals surface area contributed by atoms with Crippen LogP contribution in [0.5, 0.6) is 17.2 Å². The minimum Gasteiger partial charge on any atom is -0.508 e. The molecule has 5 N–H and O–H groups in total. The number of benzene rings is 2. The van der Waals surface area contributed by atoms with E-state index < -0.39 is 12.1 Å². The Morgan fingerprint density at radius 3 is 2.39 bits per heavy atom. The third-order valence-corrected chi connectivity index (χ3v) is 4.52. The van der Waals surface area contributed by atoms with Gasteiger partial charge in [-0.05, 0) is 30.2 Å². The molecule has 0 saturated heterocycles. The van der Waals surface area contributed by atoms with Crippen molar-refractivity contribution in [2.75, 3.05) is 6.61 Å². The first-order chi connectivity index (χ1) is 13.2. The van der Waals surface area contributed by atoms with Crippen molar-refractivity contribution in [3.05, 3.63) is 52.7 Å². The fourth-order valence-electron chi connectivity index (χ4n) is 2.84. The lowest BCUT2D eigenvalue weighted by Crippen LogP contribution is -2.42. The van der Waals surface area contributed by atoms with Gasteiger partial charge in [0.1, 0.15) is 41.3 Å². The van der Waals surface area contributed by atoms with Crippen molar-refractivity contribution >= 4 is 11.0 Å². The highest BCUT2D eigenvalue weighted by molar-refractivity contribution is 5.80. The van der Waals surface area contributed by atoms with Gasteiger partial charge >= 0.3 is 0 Å². The van der Waals surface area contributed by atoms with Gasteiger partial charge in [0.2, 0.25) is 0 Å². The summed E-state index contributed by atoms with van der Waals surface area (Å²) in [6, 6.07) is 9.58. The standard InChI is InChI=1S/C21H23NO6/c1-11(2)21(22)18(26)10-27-15-3-4-16-17(25)9-19(28-20(16)8-15)12-5-13(23)7-14(24)6-12/h3-9,11,18,21,23-24,26H,10,22H2,1-2H3. The van der Waals surface area contributed by atoms with Crippen molar-refractivity contribution in [3.63, 3.8) is 0 Å². The Morgan fingerprint density at radius 1 is 1.07 bits per heavy atom. The van der Waals surface area contributed by atoms with Crippen LogP contribution in [0.1, 0.15) is 13.8 Å². The molecule has 7 heteroatoms. The summed E-state index contributed by atoms with van der Waals surface area (Å²) >= 11 is 0. The van der Waals surface area contributed by atoms with E-state index in [0.29, 0.717) is 16.7 Å². The summed E-state index contributed by atoms with van der Waals surface area (Å²) in [5.74, 6) is 0.425. The van der Waals surface area contributed by atoms with Crippen LogP contribution in [0.15, 0.2) is 51.7 Å². The molecule has 0 bridgehead atoms. The summed E-state index contributed by atoms with van der Waals surface area (Å²) in [7, 11) is 0. The molecule has 0 radical (unpaired) electrons. The normalized spacial score (nSPS) is 13.6. The summed E-state index contributed by atoms with van der Waals surface area (Å²) in [5.41, 5.74) is 6.29. The highest BCUT2D eigenvalue weighted by Gasteiger charge is 2.19. The zero-order valence-corrected chi connectivity index (χ0v) is 15.6. The van der Waals surface area contributed by atoms with Crippen molar-refractivity contribution in [2.24, 2.45) is 11.7 Å². The number of ether oxygens (including phenoxy) is 1. The van der Waals surface area contributed by atoms with Crippen LogP contribution in [0.25, 0.3) is 22.3 Å². The monoisotopic (exact) mass is 385 g/mol. The van der Waals surface area contributed by atoms with Crippen LogP contribution in [-0.2, 0) is 0 Å². The molecule has 28 heavy (non-hydrogen) atoms. The van der Waals surface area contributed by atoms with Gasteiger partial charge in [-0.25, -0.2) is 0 Å². The van der Waals surface area contributed by atoms with Gasteiger partial charge in [0.05, 0.1) is 5.39 Å². The molecule has 1 aromatic heterocycles. The second-order valence-electron chi connectivity index (χ2n) is 7.07. The van der Waals surface area contributed by atoms with Crippen LogP contribution >= 0.6 is 0 Å². The molecule has 0 aliphatic heterocycles. The van der Waals surface area contributed by atoms with E-state index in [9.17, 15) is 20.1 Å². The lowest BCUT2D eigenvalue weighted by molar-refractivity contribution is 0.0715. The smallest absolute Gasteiger partial charge is 0.193 e. The molecule has 0 aliphatic carbocycles. The Bertz CT molecular complexity index is 1020. The van der Waals surface area contributed by atoms with E-state index in [-0.39, 0.29) is 40.8 Å². The number of aliphatic hydroxyl groups is 1. The molecule has 148 valence electrons. The summed E-state index contributed by atoms with van der Waals surface area (Å²) in [5, 5.41) is 29.7. The fraction of sp³-hybridized carbons (Fsp3) is 0.286. The molecule has 0 saturated carbocycles. The van der Waals surface area contributed by atoms with Crippen LogP contribution in [-0.4, -0.2) is 34.1 Å². The van der Waals surface area contributed by atoms with E-state index in [2.05, 4.69) is 0 Å². The highest BCUT2D eigenvalue weighted by atomic mass is 16.5. The molecule has 0 amide bonds. The summed E-state index contributed by atoms with van der Waals surface area (Å²) < 4.78 is 11.4. The zero-order valence-electron chi connectivity index (χ0n) is 15.6. The average Bonchev–Trinajstić information content (AvgIpc) is 2.64. The first-order valence-electron chi connectivity index (χ1n) is 8.92. The molecular formula is C21H23NO6. The van der Waals surface area contributed by atoms with Gasteiger partial charge in [-0.1, -0.05) is 13.8 Å². The van der Waals surface area contributed by atoms with Crippen molar-refractivity contribution in [2.45, 2.75) is 26.0 Å². The lowest BCUT2D eigenvalue weighted by atomic mass is 10.0. The molecule has 0 aliphatic rings. The van der Waals surface area contributed by atoms with E-state index in [1.807, 2.05) is 13.8 Å². The maximum atomic E-state index is 12.4. The lowest BCUT2D eigenvalue weighted by Gasteiger charge is -2.22. The Kier molecular flexibility index (Phi) is 5.58. The second-order valence-corrected chi connectivity index (χ2v) is 7.07. The van der Waals surface area contributed by atoms with Gasteiger partial charge in [0.15, 0.2) is 5.43 Å². The van der Waals surface area contributed by atoms with E-state index in [4.69, 9.17) is 14.9 Å². The van der Waals surface area contributed by atoms with E-state index in [1.165, 1.54) is 24.3 Å². The highest BCUT2D eigenvalue weighted by Crippen LogP contribution is 2.30. The molecule has 1 heterocycles. The summed E-state index contributed by atoms with van der Waals surface area (Å²) in [6.07, 6.45) is -0.829. The molecule has 3 aromatic rings. The minimum atomic E-state index is -0.829. The Morgan fingerprint density at radius 2 is 1.75 bits per heavy atom. The van der Waals surface area contributed by atoms with Gasteiger partial charge in [-0.15, -0.1) is 0 Å². The number of aliphatic hydroxyl groups excluding tert-OH is 1. The largest absolute Gasteiger partial charge is 0.508 e. The molecule has 3 rings (SSSR count). The van der Waals surface area contributed by atoms with E-state index in [0.717, 1.165) is 0 Å². The Hall–Kier alpha value is -3.03. The molecule has 7 nitrogen and oxygen atoms in total. The number of aromatic hydroxyl groups is 2. The van der Waals surface area contributed by atoms with Crippen molar-refractivity contribution in [1.29, 1.82) is 0 Å². The quantitative estimate of drug-likeness (QED) is 0.514. The van der Waals surface area contributed by atoms with Crippen LogP contribution in [0.2, 0.25) is 0 Å². The number of nitrogens with two attached hydrogens (primary N) is 1. The average molecular weight is 385 g/mol. The number of hydrogen-bond acceptors (Lipinski definition) is 7. The van der Waals surface area contributed by atoms with Gasteiger partial charge in [-0.2, -0.15) is 0 Å². The number of hydrogen-bond donors (Lipinski definition) is 4. The first kappa shape index (κ1) is 19.7. The van der Waals surface area contributed by atoms with Gasteiger partial charge in [0.25, 0.3) is 0 Å². The second kappa shape index (κ2) is 7.92. The van der Waals surface area contributed by atoms with Crippen LogP contribution in [0.4, 0.5) is 0 Å². The molecular weight excluding hydrogens is 362 g/mol. The third kappa shape index (κ3) is 4.27. The fourth-order valence-corrected chi connectivity index (χ4v) is 2.84. The maximum absolute atomic E-state index is 12.4. The van der Waals surface area contributed by atoms with E-state index in [1.54, 1.807) is 18.2 Å². The van der Waals surface area contributed by atoms with Crippen LogP contribution in [0, 0.1) is 5.92 Å². The SMILES string of the molecule is CC(C)C(N)C(O)COc1ccc2c(=O)cc(-c3cc(O)cc(O)c3)oc2c1. The Labute approximate surface area is 161 Å². The molecule has 2 unspecified atom stereocenters. The summed E-state index contributed by atoms with van der Waals surface area (Å²) in [6.45, 7) is 3.84. The minimum absolute atomic E-state index is 0.00913. The topological polar surface area (TPSA) is 126 Å². The number of phenolic OH excluding ortho intramolecular Hbond substituents is 2. The van der Waals surface area contributed by atoms with Crippen molar-refractivity contribution in [3.8, 4) is 28.6 Å². The predicted octanol–water partition coefficient (Wildman–Crippen LogP) is 2.59. The summed E-state index contributed by atoms with van der Waals surface area (Å²) in [4.78, 5) is 12.4. The first-order valence-corrected chi connectivity index (χ1v) is 8.92. The predicted molar refractivity (Wildman–Crippen MR) is 106 cm³/mol. The van der Waals surface area contributed by atoms with E-state index >= 15 is 0 Å². The van der Waals surface area contributed by atoms with Crippen LogP contribution < -0.4 is 15.9 Å². The van der Waals surface area contributed by atoms with Crippen molar-refractivity contribution in [1.82, 2.24) is 0 Å². The molecule has 2 atom stereocenters. The molecule has 2 aromatic carbocycles. The Balaban J connectivity index is 1.91. The zero-order chi connectivity index (χ0) is 20.4. The number of rotatable bonds is 6.